The summed E-state index contributed by atoms with van der Waals surface area (Å²) in [5.74, 6) is 1.64. The van der Waals surface area contributed by atoms with E-state index in [-0.39, 0.29) is 22.3 Å². The quantitative estimate of drug-likeness (QED) is 0.287. The van der Waals surface area contributed by atoms with Crippen molar-refractivity contribution in [3.63, 3.8) is 0 Å². The van der Waals surface area contributed by atoms with Gasteiger partial charge in [0.25, 0.3) is 0 Å². The van der Waals surface area contributed by atoms with Crippen LogP contribution in [0.4, 0.5) is 11.4 Å². The van der Waals surface area contributed by atoms with Crippen LogP contribution in [0.15, 0.2) is 72.8 Å². The molecule has 0 saturated heterocycles. The van der Waals surface area contributed by atoms with Gasteiger partial charge in [0.2, 0.25) is 0 Å². The molecular weight excluding hydrogens is 488 g/mol. The van der Waals surface area contributed by atoms with E-state index in [1.165, 1.54) is 24.3 Å². The van der Waals surface area contributed by atoms with E-state index in [1.807, 2.05) is 62.4 Å². The second-order valence-corrected chi connectivity index (χ2v) is 9.20. The Morgan fingerprint density at radius 2 is 0.923 bits per heavy atom. The van der Waals surface area contributed by atoms with Gasteiger partial charge < -0.3 is 20.9 Å². The number of ether oxygens (including phenoxy) is 2. The third-order valence-corrected chi connectivity index (χ3v) is 6.38. The highest BCUT2D eigenvalue weighted by Crippen LogP contribution is 2.39. The molecule has 8 heteroatoms. The van der Waals surface area contributed by atoms with Crippen LogP contribution in [0.1, 0.15) is 47.2 Å². The summed E-state index contributed by atoms with van der Waals surface area (Å²) < 4.78 is 11.8. The summed E-state index contributed by atoms with van der Waals surface area (Å²) >= 11 is 0. The van der Waals surface area contributed by atoms with E-state index in [0.29, 0.717) is 34.4 Å². The molecule has 39 heavy (non-hydrogen) atoms. The van der Waals surface area contributed by atoms with Crippen LogP contribution in [0.3, 0.4) is 0 Å². The van der Waals surface area contributed by atoms with Crippen molar-refractivity contribution in [3.05, 3.63) is 106 Å². The summed E-state index contributed by atoms with van der Waals surface area (Å²) in [6.45, 7) is 4.08. The molecule has 0 amide bonds. The van der Waals surface area contributed by atoms with Gasteiger partial charge in [-0.1, -0.05) is 26.0 Å². The molecule has 0 spiro atoms. The molecule has 0 radical (unpaired) electrons. The number of anilines is 2. The van der Waals surface area contributed by atoms with Crippen molar-refractivity contribution < 1.29 is 9.47 Å². The van der Waals surface area contributed by atoms with E-state index in [1.54, 1.807) is 24.3 Å². The van der Waals surface area contributed by atoms with Crippen LogP contribution in [0.5, 0.6) is 23.0 Å². The van der Waals surface area contributed by atoms with Gasteiger partial charge in [0.15, 0.2) is 0 Å². The van der Waals surface area contributed by atoms with Gasteiger partial charge in [-0.15, -0.1) is 0 Å². The molecule has 0 aliphatic rings. The first-order valence-corrected chi connectivity index (χ1v) is 11.7. The Morgan fingerprint density at radius 3 is 1.26 bits per heavy atom. The second-order valence-electron chi connectivity index (χ2n) is 9.20. The molecule has 0 aliphatic carbocycles. The average molecular weight is 511 g/mol. The smallest absolute Gasteiger partial charge is 0.150 e. The Morgan fingerprint density at radius 1 is 0.538 bits per heavy atom. The highest BCUT2D eigenvalue weighted by Gasteiger charge is 2.25. The van der Waals surface area contributed by atoms with Crippen molar-refractivity contribution in [2.24, 2.45) is 0 Å². The molecule has 4 rings (SSSR count). The van der Waals surface area contributed by atoms with E-state index in [2.05, 4.69) is 0 Å². The lowest BCUT2D eigenvalue weighted by atomic mass is 9.78. The molecule has 4 N–H and O–H groups in total. The molecule has 0 aliphatic heterocycles. The monoisotopic (exact) mass is 510 g/mol. The first-order chi connectivity index (χ1) is 18.7. The van der Waals surface area contributed by atoms with Crippen molar-refractivity contribution in [3.8, 4) is 47.3 Å². The van der Waals surface area contributed by atoms with Crippen molar-refractivity contribution in [1.82, 2.24) is 0 Å². The van der Waals surface area contributed by atoms with Crippen LogP contribution < -0.4 is 20.9 Å². The maximum absolute atomic E-state index is 9.26. The van der Waals surface area contributed by atoms with Gasteiger partial charge in [-0.2, -0.15) is 21.0 Å². The number of nitrogens with zero attached hydrogens (tertiary/aromatic N) is 4. The molecule has 0 fully saturated rings. The number of benzene rings is 4. The lowest BCUT2D eigenvalue weighted by molar-refractivity contribution is 0.483. The van der Waals surface area contributed by atoms with Crippen LogP contribution in [-0.4, -0.2) is 0 Å². The highest BCUT2D eigenvalue weighted by atomic mass is 16.5. The summed E-state index contributed by atoms with van der Waals surface area (Å²) in [6.07, 6.45) is 0. The van der Waals surface area contributed by atoms with Crippen LogP contribution in [0.2, 0.25) is 0 Å². The van der Waals surface area contributed by atoms with Gasteiger partial charge in [-0.05, 0) is 71.8 Å². The number of rotatable bonds is 6. The summed E-state index contributed by atoms with van der Waals surface area (Å²) in [7, 11) is 0. The van der Waals surface area contributed by atoms with Crippen molar-refractivity contribution in [2.45, 2.75) is 19.3 Å². The Labute approximate surface area is 226 Å². The number of hydrogen-bond donors (Lipinski definition) is 2. The minimum atomic E-state index is -0.482. The van der Waals surface area contributed by atoms with Crippen LogP contribution in [0, 0.1) is 45.3 Å². The Kier molecular flexibility index (Phi) is 7.08. The first kappa shape index (κ1) is 26.1. The third-order valence-electron chi connectivity index (χ3n) is 6.38. The van der Waals surface area contributed by atoms with Gasteiger partial charge >= 0.3 is 0 Å². The van der Waals surface area contributed by atoms with Gasteiger partial charge in [0.1, 0.15) is 47.3 Å². The third kappa shape index (κ3) is 5.27. The molecule has 0 heterocycles. The van der Waals surface area contributed by atoms with E-state index in [0.717, 1.165) is 11.1 Å². The predicted molar refractivity (Wildman–Crippen MR) is 146 cm³/mol. The fraction of sp³-hybridized carbons (Fsp3) is 0.0968. The van der Waals surface area contributed by atoms with Gasteiger partial charge in [0, 0.05) is 5.41 Å². The standard InChI is InChI=1S/C31H22N6O2/c1-31(2,23-5-9-29(27(36)13-23)38-25-7-3-19(15-32)21(11-25)17-34)24-6-10-30(28(37)14-24)39-26-8-4-20(16-33)22(12-26)18-35/h3-14H,36-37H2,1-2H3. The maximum atomic E-state index is 9.26. The Balaban J connectivity index is 1.57. The minimum Gasteiger partial charge on any atom is -0.455 e. The van der Waals surface area contributed by atoms with E-state index in [4.69, 9.17) is 31.5 Å². The molecular formula is C31H22N6O2. The zero-order valence-electron chi connectivity index (χ0n) is 21.2. The number of nitrogen functional groups attached to an aromatic ring is 2. The van der Waals surface area contributed by atoms with E-state index >= 15 is 0 Å². The molecule has 0 atom stereocenters. The number of nitriles is 4. The molecule has 0 saturated carbocycles. The lowest BCUT2D eigenvalue weighted by Gasteiger charge is -2.27. The maximum Gasteiger partial charge on any atom is 0.150 e. The van der Waals surface area contributed by atoms with Crippen molar-refractivity contribution in [1.29, 1.82) is 21.0 Å². The molecule has 0 unspecified atom stereocenters. The number of nitrogens with two attached hydrogens (primary N) is 2. The lowest BCUT2D eigenvalue weighted by Crippen LogP contribution is -2.19. The topological polar surface area (TPSA) is 166 Å². The van der Waals surface area contributed by atoms with Crippen LogP contribution >= 0.6 is 0 Å². The summed E-state index contributed by atoms with van der Waals surface area (Å²) in [5.41, 5.74) is 15.8. The van der Waals surface area contributed by atoms with Crippen LogP contribution in [0.25, 0.3) is 0 Å². The van der Waals surface area contributed by atoms with Gasteiger partial charge in [-0.3, -0.25) is 0 Å². The average Bonchev–Trinajstić information content (AvgIpc) is 2.94. The van der Waals surface area contributed by atoms with Crippen molar-refractivity contribution >= 4 is 11.4 Å². The first-order valence-electron chi connectivity index (χ1n) is 11.7. The van der Waals surface area contributed by atoms with Gasteiger partial charge in [0.05, 0.1) is 33.6 Å². The zero-order valence-corrected chi connectivity index (χ0v) is 21.2. The van der Waals surface area contributed by atoms with E-state index < -0.39 is 5.41 Å². The largest absolute Gasteiger partial charge is 0.455 e. The highest BCUT2D eigenvalue weighted by molar-refractivity contribution is 5.62. The predicted octanol–water partition coefficient (Wildman–Crippen LogP) is 6.25. The normalized spacial score (nSPS) is 10.4. The van der Waals surface area contributed by atoms with Crippen LogP contribution in [-0.2, 0) is 5.41 Å². The second kappa shape index (κ2) is 10.6. The summed E-state index contributed by atoms with van der Waals surface area (Å²) in [4.78, 5) is 0. The summed E-state index contributed by atoms with van der Waals surface area (Å²) in [5, 5.41) is 36.7. The molecule has 4 aromatic carbocycles. The fourth-order valence-corrected chi connectivity index (χ4v) is 4.03. The zero-order chi connectivity index (χ0) is 28.2. The van der Waals surface area contributed by atoms with E-state index in [9.17, 15) is 10.5 Å². The molecule has 4 aromatic rings. The van der Waals surface area contributed by atoms with Gasteiger partial charge in [-0.25, -0.2) is 0 Å². The molecule has 8 nitrogen and oxygen atoms in total. The fourth-order valence-electron chi connectivity index (χ4n) is 4.03. The Bertz CT molecular complexity index is 1640. The molecule has 188 valence electrons. The summed E-state index contributed by atoms with van der Waals surface area (Å²) in [6, 6.07) is 28.2. The Hall–Kier alpha value is -5.96. The minimum absolute atomic E-state index is 0.223. The molecule has 0 bridgehead atoms. The molecule has 0 aromatic heterocycles. The van der Waals surface area contributed by atoms with Crippen molar-refractivity contribution in [2.75, 3.05) is 11.5 Å². The number of hydrogen-bond acceptors (Lipinski definition) is 8. The SMILES string of the molecule is CC(C)(c1ccc(Oc2ccc(C#N)c(C#N)c2)c(N)c1)c1ccc(Oc2ccc(C#N)c(C#N)c2)c(N)c1.